The average molecular weight is 208 g/mol. The topological polar surface area (TPSA) is 30.2 Å². The van der Waals surface area contributed by atoms with E-state index in [1.807, 2.05) is 38.2 Å². The zero-order chi connectivity index (χ0) is 10.6. The van der Waals surface area contributed by atoms with Gasteiger partial charge in [-0.25, -0.2) is 0 Å². The average Bonchev–Trinajstić information content (AvgIpc) is 2.44. The molecule has 0 bridgehead atoms. The van der Waals surface area contributed by atoms with Crippen molar-refractivity contribution in [3.05, 3.63) is 29.0 Å². The van der Waals surface area contributed by atoms with Gasteiger partial charge in [-0.2, -0.15) is 0 Å². The Kier molecular flexibility index (Phi) is 3.77. The molecular formula is C11H12O2S. The quantitative estimate of drug-likeness (QED) is 0.609. The van der Waals surface area contributed by atoms with E-state index in [0.717, 1.165) is 11.8 Å². The Balaban J connectivity index is 3.36. The highest BCUT2D eigenvalue weighted by Crippen LogP contribution is 2.26. The summed E-state index contributed by atoms with van der Waals surface area (Å²) in [5.41, 5.74) is 1.28. The number of allylic oxidation sites excluding steroid dienone is 2. The Morgan fingerprint density at radius 1 is 1.14 bits per heavy atom. The molecule has 0 amide bonds. The number of thiol groups is 1. The summed E-state index contributed by atoms with van der Waals surface area (Å²) in [6.07, 6.45) is 8.12. The number of hydrogen-bond acceptors (Lipinski definition) is 3. The molecule has 0 aliphatic heterocycles. The molecule has 0 radical (unpaired) electrons. The van der Waals surface area contributed by atoms with Crippen molar-refractivity contribution in [2.24, 2.45) is 0 Å². The van der Waals surface area contributed by atoms with Crippen LogP contribution in [0.15, 0.2) is 21.7 Å². The summed E-state index contributed by atoms with van der Waals surface area (Å²) in [6.45, 7) is 3.78. The van der Waals surface area contributed by atoms with Gasteiger partial charge in [0.25, 0.3) is 0 Å². The van der Waals surface area contributed by atoms with E-state index in [9.17, 15) is 4.79 Å². The van der Waals surface area contributed by atoms with Gasteiger partial charge in [0.15, 0.2) is 11.4 Å². The molecule has 0 unspecified atom stereocenters. The fraction of sp³-hybridized carbons (Fsp3) is 0.182. The van der Waals surface area contributed by atoms with E-state index in [1.165, 1.54) is 0 Å². The first-order chi connectivity index (χ1) is 6.74. The molecule has 2 nitrogen and oxygen atoms in total. The summed E-state index contributed by atoms with van der Waals surface area (Å²) in [6, 6.07) is 0. The van der Waals surface area contributed by atoms with Crippen LogP contribution >= 0.6 is 12.6 Å². The van der Waals surface area contributed by atoms with Gasteiger partial charge in [0.1, 0.15) is 5.76 Å². The van der Waals surface area contributed by atoms with Crippen molar-refractivity contribution in [2.75, 3.05) is 0 Å². The first-order valence-electron chi connectivity index (χ1n) is 4.30. The van der Waals surface area contributed by atoms with Crippen LogP contribution in [0.3, 0.4) is 0 Å². The van der Waals surface area contributed by atoms with Gasteiger partial charge in [-0.1, -0.05) is 18.2 Å². The molecule has 0 saturated carbocycles. The third-order valence-corrected chi connectivity index (χ3v) is 2.09. The second-order valence-corrected chi connectivity index (χ2v) is 3.12. The van der Waals surface area contributed by atoms with Crippen LogP contribution in [0.25, 0.3) is 12.2 Å². The van der Waals surface area contributed by atoms with Gasteiger partial charge in [0.05, 0.1) is 5.56 Å². The molecule has 0 aliphatic carbocycles. The molecule has 1 aromatic heterocycles. The maximum absolute atomic E-state index is 10.8. The third kappa shape index (κ3) is 1.99. The van der Waals surface area contributed by atoms with E-state index in [1.54, 1.807) is 0 Å². The number of aldehydes is 1. The van der Waals surface area contributed by atoms with Crippen molar-refractivity contribution >= 4 is 31.1 Å². The standard InChI is InChI=1S/C11H12O2S/c1-3-5-8-9(7-12)11(14)13-10(8)6-4-2/h3-7,14H,1-2H3/b5-3+,6-4+. The van der Waals surface area contributed by atoms with Crippen LogP contribution in [0, 0.1) is 0 Å². The smallest absolute Gasteiger partial charge is 0.169 e. The number of carbonyl (C=O) groups excluding carboxylic acids is 1. The van der Waals surface area contributed by atoms with Crippen molar-refractivity contribution in [2.45, 2.75) is 18.9 Å². The van der Waals surface area contributed by atoms with Gasteiger partial charge < -0.3 is 4.42 Å². The van der Waals surface area contributed by atoms with Gasteiger partial charge in [0, 0.05) is 5.56 Å². The monoisotopic (exact) mass is 208 g/mol. The molecule has 0 spiro atoms. The minimum absolute atomic E-state index is 0.362. The Labute approximate surface area is 88.7 Å². The number of rotatable bonds is 3. The highest BCUT2D eigenvalue weighted by molar-refractivity contribution is 7.80. The van der Waals surface area contributed by atoms with Crippen LogP contribution < -0.4 is 0 Å². The maximum Gasteiger partial charge on any atom is 0.169 e. The minimum Gasteiger partial charge on any atom is -0.449 e. The fourth-order valence-electron chi connectivity index (χ4n) is 1.19. The Morgan fingerprint density at radius 3 is 2.29 bits per heavy atom. The molecule has 0 atom stereocenters. The molecule has 1 aromatic rings. The van der Waals surface area contributed by atoms with E-state index in [2.05, 4.69) is 12.6 Å². The maximum atomic E-state index is 10.8. The van der Waals surface area contributed by atoms with Crippen LogP contribution in [0.1, 0.15) is 35.5 Å². The van der Waals surface area contributed by atoms with E-state index in [4.69, 9.17) is 4.42 Å². The van der Waals surface area contributed by atoms with Crippen LogP contribution in [-0.4, -0.2) is 6.29 Å². The lowest BCUT2D eigenvalue weighted by Crippen LogP contribution is -1.81. The van der Waals surface area contributed by atoms with E-state index < -0.39 is 0 Å². The zero-order valence-corrected chi connectivity index (χ0v) is 9.04. The van der Waals surface area contributed by atoms with E-state index in [-0.39, 0.29) is 0 Å². The minimum atomic E-state index is 0.362. The van der Waals surface area contributed by atoms with Crippen molar-refractivity contribution in [1.82, 2.24) is 0 Å². The van der Waals surface area contributed by atoms with E-state index in [0.29, 0.717) is 16.4 Å². The molecule has 1 rings (SSSR count). The fourth-order valence-corrected chi connectivity index (χ4v) is 1.46. The lowest BCUT2D eigenvalue weighted by molar-refractivity contribution is 0.111. The molecule has 0 N–H and O–H groups in total. The van der Waals surface area contributed by atoms with Gasteiger partial charge in [-0.3, -0.25) is 4.79 Å². The Morgan fingerprint density at radius 2 is 1.79 bits per heavy atom. The third-order valence-electron chi connectivity index (χ3n) is 1.76. The van der Waals surface area contributed by atoms with Crippen molar-refractivity contribution in [3.8, 4) is 0 Å². The highest BCUT2D eigenvalue weighted by atomic mass is 32.1. The second-order valence-electron chi connectivity index (χ2n) is 2.72. The molecule has 14 heavy (non-hydrogen) atoms. The van der Waals surface area contributed by atoms with Gasteiger partial charge in [0.2, 0.25) is 0 Å². The summed E-state index contributed by atoms with van der Waals surface area (Å²) >= 11 is 4.09. The molecule has 0 aromatic carbocycles. The molecule has 1 heterocycles. The zero-order valence-electron chi connectivity index (χ0n) is 8.15. The Bertz CT molecular complexity index is 386. The molecule has 74 valence electrons. The van der Waals surface area contributed by atoms with Crippen molar-refractivity contribution in [3.63, 3.8) is 0 Å². The summed E-state index contributed by atoms with van der Waals surface area (Å²) in [7, 11) is 0. The summed E-state index contributed by atoms with van der Waals surface area (Å²) in [5.74, 6) is 0.665. The Hall–Kier alpha value is -1.22. The van der Waals surface area contributed by atoms with Gasteiger partial charge in [-0.15, -0.1) is 12.6 Å². The lowest BCUT2D eigenvalue weighted by Gasteiger charge is -1.89. The predicted octanol–water partition coefficient (Wildman–Crippen LogP) is 3.45. The van der Waals surface area contributed by atoms with Gasteiger partial charge >= 0.3 is 0 Å². The van der Waals surface area contributed by atoms with Crippen molar-refractivity contribution in [1.29, 1.82) is 0 Å². The van der Waals surface area contributed by atoms with Crippen molar-refractivity contribution < 1.29 is 9.21 Å². The van der Waals surface area contributed by atoms with Gasteiger partial charge in [-0.05, 0) is 19.9 Å². The normalized spacial score (nSPS) is 11.6. The largest absolute Gasteiger partial charge is 0.449 e. The van der Waals surface area contributed by atoms with Crippen LogP contribution in [0.2, 0.25) is 0 Å². The van der Waals surface area contributed by atoms with E-state index >= 15 is 0 Å². The van der Waals surface area contributed by atoms with Crippen LogP contribution in [0.5, 0.6) is 0 Å². The molecule has 3 heteroatoms. The molecule has 0 fully saturated rings. The summed E-state index contributed by atoms with van der Waals surface area (Å²) < 4.78 is 5.32. The lowest BCUT2D eigenvalue weighted by atomic mass is 10.1. The molecular weight excluding hydrogens is 196 g/mol. The predicted molar refractivity (Wildman–Crippen MR) is 60.8 cm³/mol. The first kappa shape index (κ1) is 10.9. The number of furan rings is 1. The molecule has 0 aliphatic rings. The van der Waals surface area contributed by atoms with Crippen LogP contribution in [-0.2, 0) is 0 Å². The summed E-state index contributed by atoms with van der Waals surface area (Å²) in [4.78, 5) is 10.8. The number of hydrogen-bond donors (Lipinski definition) is 1. The SMILES string of the molecule is C/C=C/c1oc(S)c(C=O)c1/C=C/C. The summed E-state index contributed by atoms with van der Waals surface area (Å²) in [5, 5.41) is 0.362. The van der Waals surface area contributed by atoms with Crippen LogP contribution in [0.4, 0.5) is 0 Å². The molecule has 0 saturated heterocycles. The number of carbonyl (C=O) groups is 1. The second kappa shape index (κ2) is 4.86. The highest BCUT2D eigenvalue weighted by Gasteiger charge is 2.13. The first-order valence-corrected chi connectivity index (χ1v) is 4.75.